The van der Waals surface area contributed by atoms with E-state index in [2.05, 4.69) is 6.58 Å². The van der Waals surface area contributed by atoms with Gasteiger partial charge in [-0.05, 0) is 12.8 Å². The molecule has 0 aromatic heterocycles. The molecule has 0 aliphatic carbocycles. The maximum Gasteiger partial charge on any atom is 0.330 e. The smallest absolute Gasteiger partial charge is 0.330 e. The number of carboxylic acid groups (broad SMARTS) is 2. The molecule has 2 N–H and O–H groups in total. The summed E-state index contributed by atoms with van der Waals surface area (Å²) in [5.41, 5.74) is -0.0338. The lowest BCUT2D eigenvalue weighted by Gasteiger charge is -2.10. The molecule has 4 nitrogen and oxygen atoms in total. The van der Waals surface area contributed by atoms with Gasteiger partial charge < -0.3 is 10.2 Å². The highest BCUT2D eigenvalue weighted by Crippen LogP contribution is 2.17. The van der Waals surface area contributed by atoms with Gasteiger partial charge in [0.15, 0.2) is 0 Å². The Balaban J connectivity index is 4.16. The Morgan fingerprint density at radius 1 is 1.36 bits per heavy atom. The van der Waals surface area contributed by atoms with Gasteiger partial charge >= 0.3 is 11.9 Å². The summed E-state index contributed by atoms with van der Waals surface area (Å²) in [6.45, 7) is 5.28. The molecule has 14 heavy (non-hydrogen) atoms. The molecule has 0 aromatic carbocycles. The number of carboxylic acids is 2. The van der Waals surface area contributed by atoms with Crippen LogP contribution in [0.5, 0.6) is 0 Å². The van der Waals surface area contributed by atoms with Crippen molar-refractivity contribution in [2.24, 2.45) is 5.92 Å². The van der Waals surface area contributed by atoms with Crippen molar-refractivity contribution in [2.75, 3.05) is 0 Å². The predicted molar refractivity (Wildman–Crippen MR) is 52.0 cm³/mol. The van der Waals surface area contributed by atoms with Crippen LogP contribution in [0.3, 0.4) is 0 Å². The van der Waals surface area contributed by atoms with Gasteiger partial charge in [-0.2, -0.15) is 0 Å². The molecule has 80 valence electrons. The molecular weight excluding hydrogens is 184 g/mol. The van der Waals surface area contributed by atoms with Crippen LogP contribution in [-0.4, -0.2) is 22.2 Å². The Bertz CT molecular complexity index is 232. The minimum atomic E-state index is -1.12. The SMILES string of the molecule is C=C(CC(CCCC)C(=O)O)C(=O)O. The van der Waals surface area contributed by atoms with E-state index in [1.54, 1.807) is 0 Å². The average Bonchev–Trinajstić information content (AvgIpc) is 2.10. The van der Waals surface area contributed by atoms with Crippen LogP contribution in [0.15, 0.2) is 12.2 Å². The first-order valence-electron chi connectivity index (χ1n) is 4.62. The monoisotopic (exact) mass is 200 g/mol. The molecule has 0 fully saturated rings. The number of carbonyl (C=O) groups is 2. The third-order valence-corrected chi connectivity index (χ3v) is 2.05. The lowest BCUT2D eigenvalue weighted by atomic mass is 9.95. The van der Waals surface area contributed by atoms with Gasteiger partial charge in [0.2, 0.25) is 0 Å². The van der Waals surface area contributed by atoms with Crippen molar-refractivity contribution in [3.63, 3.8) is 0 Å². The molecule has 0 aromatic rings. The fourth-order valence-electron chi connectivity index (χ4n) is 1.15. The van der Waals surface area contributed by atoms with Gasteiger partial charge in [0.05, 0.1) is 5.92 Å². The third kappa shape index (κ3) is 4.64. The van der Waals surface area contributed by atoms with E-state index in [-0.39, 0.29) is 12.0 Å². The number of aliphatic carboxylic acids is 2. The number of hydrogen-bond acceptors (Lipinski definition) is 2. The molecule has 0 spiro atoms. The second kappa shape index (κ2) is 6.18. The largest absolute Gasteiger partial charge is 0.481 e. The Kier molecular flexibility index (Phi) is 5.60. The quantitative estimate of drug-likeness (QED) is 0.615. The number of rotatable bonds is 7. The summed E-state index contributed by atoms with van der Waals surface area (Å²) < 4.78 is 0. The first-order valence-corrected chi connectivity index (χ1v) is 4.62. The summed E-state index contributed by atoms with van der Waals surface area (Å²) in [4.78, 5) is 21.2. The lowest BCUT2D eigenvalue weighted by Crippen LogP contribution is -2.16. The second-order valence-electron chi connectivity index (χ2n) is 3.29. The van der Waals surface area contributed by atoms with Crippen LogP contribution < -0.4 is 0 Å². The van der Waals surface area contributed by atoms with Gasteiger partial charge in [-0.1, -0.05) is 26.3 Å². The Morgan fingerprint density at radius 3 is 2.29 bits per heavy atom. The maximum atomic E-state index is 10.7. The van der Waals surface area contributed by atoms with Crippen molar-refractivity contribution in [3.8, 4) is 0 Å². The fourth-order valence-corrected chi connectivity index (χ4v) is 1.15. The van der Waals surface area contributed by atoms with E-state index in [4.69, 9.17) is 10.2 Å². The van der Waals surface area contributed by atoms with Crippen LogP contribution in [0.1, 0.15) is 32.6 Å². The highest BCUT2D eigenvalue weighted by molar-refractivity contribution is 5.86. The number of unbranched alkanes of at least 4 members (excludes halogenated alkanes) is 1. The van der Waals surface area contributed by atoms with Gasteiger partial charge in [-0.3, -0.25) is 4.79 Å². The maximum absolute atomic E-state index is 10.7. The molecule has 0 rings (SSSR count). The molecule has 0 bridgehead atoms. The molecule has 0 radical (unpaired) electrons. The molecular formula is C10H16O4. The Morgan fingerprint density at radius 2 is 1.93 bits per heavy atom. The highest BCUT2D eigenvalue weighted by atomic mass is 16.4. The van der Waals surface area contributed by atoms with E-state index in [1.807, 2.05) is 6.92 Å². The molecule has 0 amide bonds. The average molecular weight is 200 g/mol. The van der Waals surface area contributed by atoms with Crippen molar-refractivity contribution in [1.29, 1.82) is 0 Å². The number of hydrogen-bond donors (Lipinski definition) is 2. The van der Waals surface area contributed by atoms with Crippen molar-refractivity contribution >= 4 is 11.9 Å². The van der Waals surface area contributed by atoms with Gasteiger partial charge in [-0.25, -0.2) is 4.79 Å². The van der Waals surface area contributed by atoms with Crippen LogP contribution >= 0.6 is 0 Å². The van der Waals surface area contributed by atoms with Crippen LogP contribution in [0.4, 0.5) is 0 Å². The summed E-state index contributed by atoms with van der Waals surface area (Å²) in [6.07, 6.45) is 2.25. The van der Waals surface area contributed by atoms with Gasteiger partial charge in [0, 0.05) is 5.57 Å². The molecule has 4 heteroatoms. The highest BCUT2D eigenvalue weighted by Gasteiger charge is 2.20. The molecule has 0 saturated heterocycles. The van der Waals surface area contributed by atoms with Crippen molar-refractivity contribution in [1.82, 2.24) is 0 Å². The fraction of sp³-hybridized carbons (Fsp3) is 0.600. The zero-order valence-electron chi connectivity index (χ0n) is 8.32. The lowest BCUT2D eigenvalue weighted by molar-refractivity contribution is -0.142. The van der Waals surface area contributed by atoms with Gasteiger partial charge in [0.25, 0.3) is 0 Å². The van der Waals surface area contributed by atoms with E-state index in [0.717, 1.165) is 12.8 Å². The Labute approximate surface area is 83.2 Å². The summed E-state index contributed by atoms with van der Waals surface area (Å²) >= 11 is 0. The van der Waals surface area contributed by atoms with Crippen LogP contribution in [0.25, 0.3) is 0 Å². The summed E-state index contributed by atoms with van der Waals surface area (Å²) in [7, 11) is 0. The minimum Gasteiger partial charge on any atom is -0.481 e. The minimum absolute atomic E-state index is 0.0324. The summed E-state index contributed by atoms with van der Waals surface area (Å²) in [5.74, 6) is -2.67. The zero-order chi connectivity index (χ0) is 11.1. The van der Waals surface area contributed by atoms with E-state index >= 15 is 0 Å². The predicted octanol–water partition coefficient (Wildman–Crippen LogP) is 1.91. The van der Waals surface area contributed by atoms with E-state index < -0.39 is 17.9 Å². The van der Waals surface area contributed by atoms with Crippen LogP contribution in [-0.2, 0) is 9.59 Å². The van der Waals surface area contributed by atoms with E-state index in [9.17, 15) is 9.59 Å². The topological polar surface area (TPSA) is 74.6 Å². The first-order chi connectivity index (χ1) is 6.49. The Hall–Kier alpha value is -1.32. The van der Waals surface area contributed by atoms with Crippen LogP contribution in [0.2, 0.25) is 0 Å². The third-order valence-electron chi connectivity index (χ3n) is 2.05. The second-order valence-corrected chi connectivity index (χ2v) is 3.29. The molecule has 1 atom stereocenters. The van der Waals surface area contributed by atoms with Gasteiger partial charge in [0.1, 0.15) is 0 Å². The summed E-state index contributed by atoms with van der Waals surface area (Å²) in [6, 6.07) is 0. The molecule has 0 heterocycles. The van der Waals surface area contributed by atoms with Crippen molar-refractivity contribution < 1.29 is 19.8 Å². The normalized spacial score (nSPS) is 12.1. The molecule has 0 aliphatic rings. The molecule has 1 unspecified atom stereocenters. The van der Waals surface area contributed by atoms with E-state index in [0.29, 0.717) is 6.42 Å². The van der Waals surface area contributed by atoms with Crippen molar-refractivity contribution in [3.05, 3.63) is 12.2 Å². The van der Waals surface area contributed by atoms with Crippen LogP contribution in [0, 0.1) is 5.92 Å². The molecule has 0 saturated carbocycles. The standard InChI is InChI=1S/C10H16O4/c1-3-4-5-8(10(13)14)6-7(2)9(11)12/h8H,2-6H2,1H3,(H,11,12)(H,13,14). The molecule has 0 aliphatic heterocycles. The zero-order valence-corrected chi connectivity index (χ0v) is 8.32. The first kappa shape index (κ1) is 12.7. The van der Waals surface area contributed by atoms with Crippen molar-refractivity contribution in [2.45, 2.75) is 32.6 Å². The van der Waals surface area contributed by atoms with Gasteiger partial charge in [-0.15, -0.1) is 0 Å². The van der Waals surface area contributed by atoms with E-state index in [1.165, 1.54) is 0 Å². The summed E-state index contributed by atoms with van der Waals surface area (Å²) in [5, 5.41) is 17.3.